The number of anilines is 1. The summed E-state index contributed by atoms with van der Waals surface area (Å²) in [6.07, 6.45) is 0. The van der Waals surface area contributed by atoms with E-state index in [0.717, 1.165) is 16.8 Å². The van der Waals surface area contributed by atoms with Gasteiger partial charge in [0.15, 0.2) is 0 Å². The Bertz CT molecular complexity index is 653. The summed E-state index contributed by atoms with van der Waals surface area (Å²) < 4.78 is 13.5. The third-order valence-electron chi connectivity index (χ3n) is 3.94. The number of nitrogens with zero attached hydrogens (tertiary/aromatic N) is 1. The van der Waals surface area contributed by atoms with E-state index in [2.05, 4.69) is 0 Å². The van der Waals surface area contributed by atoms with Gasteiger partial charge in [-0.1, -0.05) is 30.3 Å². The summed E-state index contributed by atoms with van der Waals surface area (Å²) in [6.45, 7) is 1.85. The Hall–Kier alpha value is -2.16. The maximum absolute atomic E-state index is 13.5. The van der Waals surface area contributed by atoms with Gasteiger partial charge < -0.3 is 4.90 Å². The quantitative estimate of drug-likeness (QED) is 0.766. The first kappa shape index (κ1) is 11.9. The molecule has 0 N–H and O–H groups in total. The number of hydrogen-bond donors (Lipinski definition) is 0. The van der Waals surface area contributed by atoms with Gasteiger partial charge in [0.2, 0.25) is 5.91 Å². The maximum Gasteiger partial charge on any atom is 0.241 e. The predicted octanol–water partition coefficient (Wildman–Crippen LogP) is 3.11. The van der Waals surface area contributed by atoms with Crippen LogP contribution in [0.3, 0.4) is 0 Å². The minimum absolute atomic E-state index is 0.0284. The van der Waals surface area contributed by atoms with Crippen molar-refractivity contribution < 1.29 is 9.18 Å². The van der Waals surface area contributed by atoms with Gasteiger partial charge in [-0.15, -0.1) is 0 Å². The van der Waals surface area contributed by atoms with Crippen LogP contribution < -0.4 is 4.90 Å². The molecule has 96 valence electrons. The molecule has 1 aliphatic rings. The highest BCUT2D eigenvalue weighted by molar-refractivity contribution is 6.09. The number of halogens is 1. The molecule has 2 aromatic carbocycles. The molecule has 2 nitrogen and oxygen atoms in total. The summed E-state index contributed by atoms with van der Waals surface area (Å²) in [5.41, 5.74) is 1.58. The largest absolute Gasteiger partial charge is 0.314 e. The van der Waals surface area contributed by atoms with Crippen molar-refractivity contribution in [2.75, 3.05) is 11.9 Å². The number of carbonyl (C=O) groups is 1. The Morgan fingerprint density at radius 2 is 1.79 bits per heavy atom. The van der Waals surface area contributed by atoms with Crippen LogP contribution in [0.15, 0.2) is 48.5 Å². The third-order valence-corrected chi connectivity index (χ3v) is 3.94. The van der Waals surface area contributed by atoms with E-state index in [9.17, 15) is 9.18 Å². The first-order chi connectivity index (χ1) is 9.05. The summed E-state index contributed by atoms with van der Waals surface area (Å²) >= 11 is 0. The molecule has 19 heavy (non-hydrogen) atoms. The van der Waals surface area contributed by atoms with Crippen molar-refractivity contribution >= 4 is 11.6 Å². The van der Waals surface area contributed by atoms with Crippen LogP contribution in [0.25, 0.3) is 0 Å². The number of likely N-dealkylation sites (N-methyl/N-ethyl adjacent to an activating group) is 1. The lowest BCUT2D eigenvalue weighted by Gasteiger charge is -2.23. The number of amides is 1. The standard InChI is InChI=1S/C16H14FNO/c1-16(11-6-4-3-5-7-11)13-10-12(17)8-9-14(13)18(2)15(16)19/h3-10H,1-2H3. The van der Waals surface area contributed by atoms with Crippen LogP contribution in [0.2, 0.25) is 0 Å². The van der Waals surface area contributed by atoms with Crippen molar-refractivity contribution in [1.82, 2.24) is 0 Å². The minimum atomic E-state index is -0.812. The molecule has 1 amide bonds. The van der Waals surface area contributed by atoms with E-state index >= 15 is 0 Å². The Morgan fingerprint density at radius 3 is 2.47 bits per heavy atom. The zero-order chi connectivity index (χ0) is 13.6. The second-order valence-electron chi connectivity index (χ2n) is 5.02. The third kappa shape index (κ3) is 1.51. The Balaban J connectivity index is 2.29. The highest BCUT2D eigenvalue weighted by Crippen LogP contribution is 2.45. The van der Waals surface area contributed by atoms with Crippen LogP contribution in [-0.2, 0) is 10.2 Å². The number of benzene rings is 2. The lowest BCUT2D eigenvalue weighted by atomic mass is 9.77. The second-order valence-corrected chi connectivity index (χ2v) is 5.02. The molecule has 3 rings (SSSR count). The molecule has 2 aromatic rings. The van der Waals surface area contributed by atoms with Gasteiger partial charge in [0.1, 0.15) is 5.82 Å². The van der Waals surface area contributed by atoms with Crippen LogP contribution in [-0.4, -0.2) is 13.0 Å². The Labute approximate surface area is 111 Å². The number of carbonyl (C=O) groups excluding carboxylic acids is 1. The monoisotopic (exact) mass is 255 g/mol. The van der Waals surface area contributed by atoms with Crippen LogP contribution in [0.4, 0.5) is 10.1 Å². The number of fused-ring (bicyclic) bond motifs is 1. The lowest BCUT2D eigenvalue weighted by molar-refractivity contribution is -0.121. The molecular weight excluding hydrogens is 241 g/mol. The summed E-state index contributed by atoms with van der Waals surface area (Å²) in [7, 11) is 1.73. The molecule has 0 saturated heterocycles. The summed E-state index contributed by atoms with van der Waals surface area (Å²) in [5, 5.41) is 0. The molecular formula is C16H14FNO. The second kappa shape index (κ2) is 3.92. The van der Waals surface area contributed by atoms with E-state index in [1.54, 1.807) is 18.0 Å². The molecule has 0 saturated carbocycles. The van der Waals surface area contributed by atoms with Gasteiger partial charge >= 0.3 is 0 Å². The molecule has 1 heterocycles. The smallest absolute Gasteiger partial charge is 0.241 e. The summed E-state index contributed by atoms with van der Waals surface area (Å²) in [6, 6.07) is 14.0. The predicted molar refractivity (Wildman–Crippen MR) is 72.7 cm³/mol. The van der Waals surface area contributed by atoms with Crippen molar-refractivity contribution in [1.29, 1.82) is 0 Å². The fraction of sp³-hybridized carbons (Fsp3) is 0.188. The van der Waals surface area contributed by atoms with E-state index in [4.69, 9.17) is 0 Å². The number of rotatable bonds is 1. The molecule has 1 aliphatic heterocycles. The first-order valence-electron chi connectivity index (χ1n) is 6.19. The highest BCUT2D eigenvalue weighted by Gasteiger charge is 2.47. The van der Waals surface area contributed by atoms with Gasteiger partial charge in [0.25, 0.3) is 0 Å². The van der Waals surface area contributed by atoms with Crippen LogP contribution in [0.1, 0.15) is 18.1 Å². The van der Waals surface area contributed by atoms with Gasteiger partial charge in [-0.3, -0.25) is 4.79 Å². The molecule has 3 heteroatoms. The number of hydrogen-bond acceptors (Lipinski definition) is 1. The highest BCUT2D eigenvalue weighted by atomic mass is 19.1. The fourth-order valence-corrected chi connectivity index (χ4v) is 2.81. The summed E-state index contributed by atoms with van der Waals surface area (Å²) in [5.74, 6) is -0.344. The van der Waals surface area contributed by atoms with E-state index in [0.29, 0.717) is 0 Å². The minimum Gasteiger partial charge on any atom is -0.314 e. The molecule has 0 spiro atoms. The van der Waals surface area contributed by atoms with Gasteiger partial charge in [0, 0.05) is 12.7 Å². The average Bonchev–Trinajstić information content (AvgIpc) is 2.63. The Kier molecular flexibility index (Phi) is 2.45. The van der Waals surface area contributed by atoms with Crippen LogP contribution in [0.5, 0.6) is 0 Å². The maximum atomic E-state index is 13.5. The van der Waals surface area contributed by atoms with Crippen molar-refractivity contribution in [3.63, 3.8) is 0 Å². The molecule has 1 unspecified atom stereocenters. The topological polar surface area (TPSA) is 20.3 Å². The fourth-order valence-electron chi connectivity index (χ4n) is 2.81. The molecule has 0 aromatic heterocycles. The van der Waals surface area contributed by atoms with E-state index in [-0.39, 0.29) is 11.7 Å². The van der Waals surface area contributed by atoms with Gasteiger partial charge in [-0.25, -0.2) is 4.39 Å². The van der Waals surface area contributed by atoms with Crippen molar-refractivity contribution in [2.24, 2.45) is 0 Å². The first-order valence-corrected chi connectivity index (χ1v) is 6.19. The van der Waals surface area contributed by atoms with Crippen LogP contribution >= 0.6 is 0 Å². The normalized spacial score (nSPS) is 21.6. The van der Waals surface area contributed by atoms with Gasteiger partial charge in [0.05, 0.1) is 5.41 Å². The van der Waals surface area contributed by atoms with Crippen molar-refractivity contribution in [2.45, 2.75) is 12.3 Å². The molecule has 1 atom stereocenters. The summed E-state index contributed by atoms with van der Waals surface area (Å²) in [4.78, 5) is 14.2. The van der Waals surface area contributed by atoms with Gasteiger partial charge in [-0.2, -0.15) is 0 Å². The SMILES string of the molecule is CN1C(=O)C(C)(c2ccccc2)c2cc(F)ccc21. The van der Waals surface area contributed by atoms with Crippen molar-refractivity contribution in [3.05, 3.63) is 65.5 Å². The van der Waals surface area contributed by atoms with E-state index in [1.165, 1.54) is 12.1 Å². The molecule has 0 aliphatic carbocycles. The van der Waals surface area contributed by atoms with Crippen molar-refractivity contribution in [3.8, 4) is 0 Å². The van der Waals surface area contributed by atoms with Gasteiger partial charge in [-0.05, 0) is 36.2 Å². The molecule has 0 radical (unpaired) electrons. The molecule has 0 bridgehead atoms. The molecule has 0 fully saturated rings. The zero-order valence-corrected chi connectivity index (χ0v) is 10.9. The lowest BCUT2D eigenvalue weighted by Crippen LogP contribution is -2.36. The van der Waals surface area contributed by atoms with E-state index in [1.807, 2.05) is 37.3 Å². The van der Waals surface area contributed by atoms with Crippen LogP contribution in [0, 0.1) is 5.82 Å². The Morgan fingerprint density at radius 1 is 1.11 bits per heavy atom. The van der Waals surface area contributed by atoms with E-state index < -0.39 is 5.41 Å². The average molecular weight is 255 g/mol. The zero-order valence-electron chi connectivity index (χ0n) is 10.9.